The number of nitrogens with two attached hydrogens (primary N) is 1. The fourth-order valence-corrected chi connectivity index (χ4v) is 3.62. The Morgan fingerprint density at radius 3 is 3.00 bits per heavy atom. The highest BCUT2D eigenvalue weighted by atomic mass is 32.1. The lowest BCUT2D eigenvalue weighted by atomic mass is 10.1. The van der Waals surface area contributed by atoms with Crippen LogP contribution in [0.15, 0.2) is 24.4 Å². The number of nitrogen functional groups attached to an aromatic ring is 1. The maximum atomic E-state index is 5.86. The minimum Gasteiger partial charge on any atom is -0.383 e. The van der Waals surface area contributed by atoms with Gasteiger partial charge in [0.2, 0.25) is 0 Å². The fraction of sp³-hybridized carbons (Fsp3) is 0.143. The Bertz CT molecular complexity index is 785. The van der Waals surface area contributed by atoms with Crippen LogP contribution in [0.25, 0.3) is 21.8 Å². The lowest BCUT2D eigenvalue weighted by Crippen LogP contribution is -1.87. The first-order valence-corrected chi connectivity index (χ1v) is 6.93. The van der Waals surface area contributed by atoms with Gasteiger partial charge in [-0.05, 0) is 18.6 Å². The number of thiazole rings is 1. The van der Waals surface area contributed by atoms with Gasteiger partial charge in [0.05, 0.1) is 17.5 Å². The summed E-state index contributed by atoms with van der Waals surface area (Å²) < 4.78 is 0. The number of aromatic amines is 1. The van der Waals surface area contributed by atoms with E-state index < -0.39 is 0 Å². The Morgan fingerprint density at radius 2 is 2.21 bits per heavy atom. The molecule has 1 aliphatic carbocycles. The molecule has 0 amide bonds. The predicted octanol–water partition coefficient (Wildman–Crippen LogP) is 3.00. The van der Waals surface area contributed by atoms with Crippen molar-refractivity contribution in [3.8, 4) is 21.8 Å². The third kappa shape index (κ3) is 1.51. The highest BCUT2D eigenvalue weighted by molar-refractivity contribution is 7.15. The molecule has 4 nitrogen and oxygen atoms in total. The van der Waals surface area contributed by atoms with Crippen molar-refractivity contribution in [3.05, 3.63) is 40.4 Å². The summed E-state index contributed by atoms with van der Waals surface area (Å²) in [6.45, 7) is 2.11. The maximum Gasteiger partial charge on any atom is 0.129 e. The van der Waals surface area contributed by atoms with E-state index in [0.717, 1.165) is 22.7 Å². The van der Waals surface area contributed by atoms with Crippen molar-refractivity contribution >= 4 is 17.2 Å². The quantitative estimate of drug-likeness (QED) is 0.557. The molecule has 0 saturated heterocycles. The number of hydrogen-bond acceptors (Lipinski definition) is 4. The second-order valence-corrected chi connectivity index (χ2v) is 5.91. The molecule has 94 valence electrons. The first-order valence-electron chi connectivity index (χ1n) is 6.11. The molecule has 0 saturated carbocycles. The number of rotatable bonds is 1. The van der Waals surface area contributed by atoms with E-state index in [1.165, 1.54) is 21.6 Å². The van der Waals surface area contributed by atoms with Crippen molar-refractivity contribution in [1.82, 2.24) is 15.2 Å². The molecule has 0 unspecified atom stereocenters. The zero-order valence-corrected chi connectivity index (χ0v) is 11.2. The molecule has 4 rings (SSSR count). The lowest BCUT2D eigenvalue weighted by Gasteiger charge is -2.00. The molecule has 0 aliphatic heterocycles. The summed E-state index contributed by atoms with van der Waals surface area (Å²) in [4.78, 5) is 6.07. The number of hydrogen-bond donors (Lipinski definition) is 2. The molecule has 0 atom stereocenters. The van der Waals surface area contributed by atoms with E-state index in [4.69, 9.17) is 10.7 Å². The molecule has 0 spiro atoms. The summed E-state index contributed by atoms with van der Waals surface area (Å²) in [7, 11) is 0. The second kappa shape index (κ2) is 3.68. The van der Waals surface area contributed by atoms with Gasteiger partial charge in [-0.2, -0.15) is 5.10 Å². The third-order valence-electron chi connectivity index (χ3n) is 3.47. The topological polar surface area (TPSA) is 67.6 Å². The van der Waals surface area contributed by atoms with Crippen LogP contribution in [0.3, 0.4) is 0 Å². The molecular weight excluding hydrogens is 256 g/mol. The zero-order valence-electron chi connectivity index (χ0n) is 10.4. The number of aromatic nitrogens is 3. The Labute approximate surface area is 114 Å². The normalized spacial score (nSPS) is 12.5. The average molecular weight is 268 g/mol. The zero-order chi connectivity index (χ0) is 13.0. The van der Waals surface area contributed by atoms with Crippen molar-refractivity contribution in [1.29, 1.82) is 0 Å². The molecule has 1 aliphatic rings. The lowest BCUT2D eigenvalue weighted by molar-refractivity contribution is 1.10. The summed E-state index contributed by atoms with van der Waals surface area (Å²) in [6.07, 6.45) is 2.71. The van der Waals surface area contributed by atoms with Crippen molar-refractivity contribution in [3.63, 3.8) is 0 Å². The van der Waals surface area contributed by atoms with Crippen LogP contribution in [-0.4, -0.2) is 15.2 Å². The van der Waals surface area contributed by atoms with Crippen LogP contribution < -0.4 is 5.73 Å². The van der Waals surface area contributed by atoms with E-state index in [-0.39, 0.29) is 0 Å². The van der Waals surface area contributed by atoms with Crippen LogP contribution in [0.5, 0.6) is 0 Å². The van der Waals surface area contributed by atoms with Gasteiger partial charge in [0.25, 0.3) is 0 Å². The van der Waals surface area contributed by atoms with Crippen LogP contribution in [0, 0.1) is 6.92 Å². The van der Waals surface area contributed by atoms with E-state index in [0.29, 0.717) is 5.82 Å². The highest BCUT2D eigenvalue weighted by Gasteiger charge is 2.24. The standard InChI is InChI=1S/C14H12N4S/c1-7-2-3-8-5-11-12(9(8)4-7)17-14(19-11)10-6-16-18-13(10)15/h2-4,6H,5H2,1H3,(H3,15,16,18). The molecule has 2 heterocycles. The largest absolute Gasteiger partial charge is 0.383 e. The van der Waals surface area contributed by atoms with Gasteiger partial charge in [0, 0.05) is 16.9 Å². The molecule has 3 aromatic rings. The summed E-state index contributed by atoms with van der Waals surface area (Å²) in [5.74, 6) is 0.580. The minimum absolute atomic E-state index is 0.580. The van der Waals surface area contributed by atoms with E-state index in [9.17, 15) is 0 Å². The van der Waals surface area contributed by atoms with Crippen molar-refractivity contribution in [2.24, 2.45) is 0 Å². The van der Waals surface area contributed by atoms with Crippen LogP contribution >= 0.6 is 11.3 Å². The molecule has 19 heavy (non-hydrogen) atoms. The minimum atomic E-state index is 0.580. The van der Waals surface area contributed by atoms with E-state index in [1.807, 2.05) is 0 Å². The molecule has 0 bridgehead atoms. The average Bonchev–Trinajstić information content (AvgIpc) is 3.03. The van der Waals surface area contributed by atoms with E-state index >= 15 is 0 Å². The van der Waals surface area contributed by atoms with Crippen molar-refractivity contribution < 1.29 is 0 Å². The van der Waals surface area contributed by atoms with Gasteiger partial charge in [-0.1, -0.05) is 17.7 Å². The van der Waals surface area contributed by atoms with Gasteiger partial charge in [-0.15, -0.1) is 11.3 Å². The van der Waals surface area contributed by atoms with E-state index in [1.54, 1.807) is 17.5 Å². The highest BCUT2D eigenvalue weighted by Crippen LogP contribution is 2.43. The van der Waals surface area contributed by atoms with E-state index in [2.05, 4.69) is 35.3 Å². The summed E-state index contributed by atoms with van der Waals surface area (Å²) >= 11 is 1.71. The smallest absolute Gasteiger partial charge is 0.129 e. The first kappa shape index (κ1) is 10.8. The first-order chi connectivity index (χ1) is 9.22. The predicted molar refractivity (Wildman–Crippen MR) is 77.1 cm³/mol. The number of nitrogens with zero attached hydrogens (tertiary/aromatic N) is 2. The Hall–Kier alpha value is -2.14. The van der Waals surface area contributed by atoms with Gasteiger partial charge >= 0.3 is 0 Å². The third-order valence-corrected chi connectivity index (χ3v) is 4.56. The van der Waals surface area contributed by atoms with Crippen LogP contribution in [-0.2, 0) is 6.42 Å². The Balaban J connectivity index is 1.88. The Kier molecular flexibility index (Phi) is 2.08. The monoisotopic (exact) mass is 268 g/mol. The van der Waals surface area contributed by atoms with Crippen LogP contribution in [0.2, 0.25) is 0 Å². The fourth-order valence-electron chi connectivity index (χ4n) is 2.50. The summed E-state index contributed by atoms with van der Waals surface area (Å²) in [5.41, 5.74) is 11.8. The molecule has 5 heteroatoms. The molecular formula is C14H12N4S. The number of aryl methyl sites for hydroxylation is 1. The van der Waals surface area contributed by atoms with Crippen molar-refractivity contribution in [2.75, 3.05) is 5.73 Å². The van der Waals surface area contributed by atoms with Gasteiger partial charge in [-0.3, -0.25) is 5.10 Å². The van der Waals surface area contributed by atoms with Gasteiger partial charge in [-0.25, -0.2) is 4.98 Å². The summed E-state index contributed by atoms with van der Waals surface area (Å²) in [5, 5.41) is 7.66. The van der Waals surface area contributed by atoms with Crippen LogP contribution in [0.1, 0.15) is 16.0 Å². The van der Waals surface area contributed by atoms with Gasteiger partial charge in [0.15, 0.2) is 0 Å². The molecule has 2 aromatic heterocycles. The second-order valence-electron chi connectivity index (χ2n) is 4.83. The summed E-state index contributed by atoms with van der Waals surface area (Å²) in [6, 6.07) is 6.57. The number of fused-ring (bicyclic) bond motifs is 3. The number of benzene rings is 1. The Morgan fingerprint density at radius 1 is 1.32 bits per heavy atom. The SMILES string of the molecule is Cc1ccc2c(c1)-c1nc(-c3cn[nH]c3N)sc1C2. The van der Waals surface area contributed by atoms with Gasteiger partial charge in [0.1, 0.15) is 10.8 Å². The number of H-pyrrole nitrogens is 1. The maximum absolute atomic E-state index is 5.86. The number of nitrogens with one attached hydrogen (secondary N) is 1. The van der Waals surface area contributed by atoms with Gasteiger partial charge < -0.3 is 5.73 Å². The molecule has 0 radical (unpaired) electrons. The van der Waals surface area contributed by atoms with Crippen LogP contribution in [0.4, 0.5) is 5.82 Å². The number of anilines is 1. The molecule has 3 N–H and O–H groups in total. The molecule has 0 fully saturated rings. The van der Waals surface area contributed by atoms with Crippen molar-refractivity contribution in [2.45, 2.75) is 13.3 Å². The molecule has 1 aromatic carbocycles.